The number of nitrogens with one attached hydrogen (secondary N) is 3. The summed E-state index contributed by atoms with van der Waals surface area (Å²) < 4.78 is 1.81. The van der Waals surface area contributed by atoms with Gasteiger partial charge in [0.1, 0.15) is 12.2 Å². The van der Waals surface area contributed by atoms with Crippen LogP contribution in [0.1, 0.15) is 78.7 Å². The monoisotopic (exact) mass is 502 g/mol. The van der Waals surface area contributed by atoms with Crippen LogP contribution in [0.15, 0.2) is 6.33 Å². The molecule has 4 atom stereocenters. The molecule has 11 heteroatoms. The van der Waals surface area contributed by atoms with Gasteiger partial charge < -0.3 is 36.5 Å². The number of aliphatic hydroxyl groups is 2. The molecule has 2 aromatic heterocycles. The summed E-state index contributed by atoms with van der Waals surface area (Å²) in [6.45, 7) is 9.07. The Hall–Kier alpha value is -2.50. The van der Waals surface area contributed by atoms with Crippen LogP contribution in [-0.2, 0) is 4.79 Å². The van der Waals surface area contributed by atoms with Crippen molar-refractivity contribution in [1.82, 2.24) is 24.8 Å². The van der Waals surface area contributed by atoms with E-state index in [9.17, 15) is 15.0 Å². The predicted molar refractivity (Wildman–Crippen MR) is 140 cm³/mol. The molecule has 2 heterocycles. The van der Waals surface area contributed by atoms with E-state index in [-0.39, 0.29) is 23.4 Å². The van der Waals surface area contributed by atoms with E-state index < -0.39 is 24.3 Å². The van der Waals surface area contributed by atoms with E-state index in [0.717, 1.165) is 38.6 Å². The van der Waals surface area contributed by atoms with Crippen molar-refractivity contribution < 1.29 is 15.0 Å². The second-order valence-electron chi connectivity index (χ2n) is 11.5. The number of rotatable bonds is 8. The number of aliphatic hydroxyl groups excluding tert-OH is 2. The average molecular weight is 503 g/mol. The summed E-state index contributed by atoms with van der Waals surface area (Å²) in [4.78, 5) is 26.1. The van der Waals surface area contributed by atoms with Gasteiger partial charge in [0, 0.05) is 25.0 Å². The highest BCUT2D eigenvalue weighted by Gasteiger charge is 2.43. The van der Waals surface area contributed by atoms with E-state index in [1.165, 1.54) is 0 Å². The fraction of sp³-hybridized carbons (Fsp3) is 0.760. The zero-order valence-corrected chi connectivity index (χ0v) is 21.9. The van der Waals surface area contributed by atoms with Crippen molar-refractivity contribution in [1.29, 1.82) is 0 Å². The van der Waals surface area contributed by atoms with E-state index in [0.29, 0.717) is 35.8 Å². The first kappa shape index (κ1) is 26.6. The van der Waals surface area contributed by atoms with Gasteiger partial charge in [0.2, 0.25) is 11.9 Å². The smallest absolute Gasteiger partial charge is 0.227 e. The molecular formula is C25H42N8O3. The van der Waals surface area contributed by atoms with Gasteiger partial charge in [-0.25, -0.2) is 4.98 Å². The van der Waals surface area contributed by atoms with Crippen molar-refractivity contribution in [2.75, 3.05) is 17.2 Å². The molecule has 1 amide bonds. The van der Waals surface area contributed by atoms with Crippen LogP contribution >= 0.6 is 0 Å². The van der Waals surface area contributed by atoms with Gasteiger partial charge in [0.15, 0.2) is 17.0 Å². The first-order chi connectivity index (χ1) is 17.1. The molecule has 4 rings (SSSR count). The van der Waals surface area contributed by atoms with Gasteiger partial charge in [-0.3, -0.25) is 4.79 Å². The van der Waals surface area contributed by atoms with E-state index in [2.05, 4.69) is 41.7 Å². The summed E-state index contributed by atoms with van der Waals surface area (Å²) in [5.41, 5.74) is 7.44. The number of fused-ring (bicyclic) bond motifs is 1. The maximum absolute atomic E-state index is 11.9. The number of aromatic nitrogens is 4. The SMILES string of the molecule is CCC(=O)N[C@H]1CC(n2cnc3c(NCCC(C)(C)C)nc(NC4CCC(N)CC4)nc32)[C@H](O)[C@@H]1O. The summed E-state index contributed by atoms with van der Waals surface area (Å²) in [5, 5.41) is 31.2. The van der Waals surface area contributed by atoms with Gasteiger partial charge >= 0.3 is 0 Å². The molecule has 2 aliphatic carbocycles. The lowest BCUT2D eigenvalue weighted by atomic mass is 9.92. The first-order valence-electron chi connectivity index (χ1n) is 13.2. The molecule has 36 heavy (non-hydrogen) atoms. The standard InChI is InChI=1S/C25H42N8O3/c1-5-18(34)30-16-12-17(21(36)20(16)35)33-13-28-19-22(27-11-10-25(2,3)4)31-24(32-23(19)33)29-15-8-6-14(26)7-9-15/h13-17,20-21,35-36H,5-12,26H2,1-4H3,(H,30,34)(H2,27,29,31,32)/t14?,15?,16-,17?,20+,21-/m0/s1. The summed E-state index contributed by atoms with van der Waals surface area (Å²) in [6, 6.07) is -0.525. The maximum Gasteiger partial charge on any atom is 0.227 e. The first-order valence-corrected chi connectivity index (χ1v) is 13.2. The molecule has 2 aliphatic rings. The summed E-state index contributed by atoms with van der Waals surface area (Å²) in [7, 11) is 0. The fourth-order valence-corrected chi connectivity index (χ4v) is 5.08. The number of nitrogens with two attached hydrogens (primary N) is 1. The number of amides is 1. The van der Waals surface area contributed by atoms with Gasteiger partial charge in [-0.15, -0.1) is 0 Å². The molecule has 0 spiro atoms. The highest BCUT2D eigenvalue weighted by Crippen LogP contribution is 2.35. The minimum Gasteiger partial charge on any atom is -0.388 e. The molecule has 7 N–H and O–H groups in total. The summed E-state index contributed by atoms with van der Waals surface area (Å²) >= 11 is 0. The van der Waals surface area contributed by atoms with Crippen LogP contribution in [0.5, 0.6) is 0 Å². The number of carbonyl (C=O) groups is 1. The minimum absolute atomic E-state index is 0.159. The van der Waals surface area contributed by atoms with Gasteiger partial charge in [-0.05, 0) is 43.9 Å². The normalized spacial score (nSPS) is 28.9. The molecule has 0 aromatic carbocycles. The molecule has 2 fully saturated rings. The van der Waals surface area contributed by atoms with Crippen LogP contribution in [0.3, 0.4) is 0 Å². The van der Waals surface area contributed by atoms with Crippen LogP contribution in [-0.4, -0.2) is 72.5 Å². The van der Waals surface area contributed by atoms with Crippen molar-refractivity contribution in [3.05, 3.63) is 6.33 Å². The third-order valence-corrected chi connectivity index (χ3v) is 7.37. The molecular weight excluding hydrogens is 460 g/mol. The molecule has 2 saturated carbocycles. The number of nitrogens with zero attached hydrogens (tertiary/aromatic N) is 4. The molecule has 1 unspecified atom stereocenters. The Morgan fingerprint density at radius 1 is 1.17 bits per heavy atom. The lowest BCUT2D eigenvalue weighted by molar-refractivity contribution is -0.122. The maximum atomic E-state index is 11.9. The molecule has 2 aromatic rings. The number of hydrogen-bond donors (Lipinski definition) is 6. The lowest BCUT2D eigenvalue weighted by Crippen LogP contribution is -2.42. The quantitative estimate of drug-likeness (QED) is 0.316. The van der Waals surface area contributed by atoms with E-state index in [1.807, 2.05) is 0 Å². The Balaban J connectivity index is 1.63. The van der Waals surface area contributed by atoms with Gasteiger partial charge in [-0.1, -0.05) is 27.7 Å². The zero-order valence-electron chi connectivity index (χ0n) is 21.9. The van der Waals surface area contributed by atoms with Gasteiger partial charge in [0.25, 0.3) is 0 Å². The Labute approximate surface area is 212 Å². The molecule has 11 nitrogen and oxygen atoms in total. The van der Waals surface area contributed by atoms with Crippen molar-refractivity contribution in [2.45, 2.75) is 109 Å². The second kappa shape index (κ2) is 10.9. The topological polar surface area (TPSA) is 163 Å². The Bertz CT molecular complexity index is 1040. The van der Waals surface area contributed by atoms with Crippen molar-refractivity contribution in [3.63, 3.8) is 0 Å². The average Bonchev–Trinajstić information content (AvgIpc) is 3.36. The van der Waals surface area contributed by atoms with Crippen LogP contribution in [0.2, 0.25) is 0 Å². The van der Waals surface area contributed by atoms with Crippen LogP contribution in [0.4, 0.5) is 11.8 Å². The van der Waals surface area contributed by atoms with Crippen LogP contribution in [0, 0.1) is 5.41 Å². The van der Waals surface area contributed by atoms with Crippen molar-refractivity contribution in [3.8, 4) is 0 Å². The van der Waals surface area contributed by atoms with Crippen molar-refractivity contribution in [2.24, 2.45) is 11.1 Å². The minimum atomic E-state index is -1.07. The summed E-state index contributed by atoms with van der Waals surface area (Å²) in [5.74, 6) is 0.988. The highest BCUT2D eigenvalue weighted by molar-refractivity contribution is 5.84. The van der Waals surface area contributed by atoms with Gasteiger partial charge in [0.05, 0.1) is 18.4 Å². The number of imidazole rings is 1. The molecule has 0 aliphatic heterocycles. The van der Waals surface area contributed by atoms with Crippen molar-refractivity contribution >= 4 is 28.8 Å². The third-order valence-electron chi connectivity index (χ3n) is 7.37. The predicted octanol–water partition coefficient (Wildman–Crippen LogP) is 1.92. The third kappa shape index (κ3) is 6.07. The summed E-state index contributed by atoms with van der Waals surface area (Å²) in [6.07, 6.45) is 5.00. The van der Waals surface area contributed by atoms with Crippen LogP contribution in [0.25, 0.3) is 11.2 Å². The van der Waals surface area contributed by atoms with Gasteiger partial charge in [-0.2, -0.15) is 9.97 Å². The highest BCUT2D eigenvalue weighted by atomic mass is 16.3. The fourth-order valence-electron chi connectivity index (χ4n) is 5.08. The van der Waals surface area contributed by atoms with E-state index in [1.54, 1.807) is 17.8 Å². The Kier molecular flexibility index (Phi) is 8.01. The van der Waals surface area contributed by atoms with E-state index in [4.69, 9.17) is 15.7 Å². The Morgan fingerprint density at radius 3 is 2.56 bits per heavy atom. The molecule has 200 valence electrons. The Morgan fingerprint density at radius 2 is 1.89 bits per heavy atom. The molecule has 0 radical (unpaired) electrons. The number of carbonyl (C=O) groups excluding carboxylic acids is 1. The zero-order chi connectivity index (χ0) is 26.0. The number of hydrogen-bond acceptors (Lipinski definition) is 9. The van der Waals surface area contributed by atoms with Crippen LogP contribution < -0.4 is 21.7 Å². The largest absolute Gasteiger partial charge is 0.388 e. The number of anilines is 2. The second-order valence-corrected chi connectivity index (χ2v) is 11.5. The van der Waals surface area contributed by atoms with E-state index >= 15 is 0 Å². The molecule has 0 bridgehead atoms. The lowest BCUT2D eigenvalue weighted by Gasteiger charge is -2.27. The molecule has 0 saturated heterocycles.